The summed E-state index contributed by atoms with van der Waals surface area (Å²) in [5, 5.41) is 6.57. The molecule has 2 aromatic carbocycles. The number of anilines is 3. The molecule has 7 nitrogen and oxygen atoms in total. The Morgan fingerprint density at radius 1 is 0.968 bits per heavy atom. The van der Waals surface area contributed by atoms with E-state index in [0.29, 0.717) is 37.0 Å². The Morgan fingerprint density at radius 2 is 1.74 bits per heavy atom. The molecule has 2 aliphatic heterocycles. The molecule has 2 saturated heterocycles. The van der Waals surface area contributed by atoms with E-state index in [2.05, 4.69) is 15.5 Å². The van der Waals surface area contributed by atoms with Crippen LogP contribution in [-0.2, 0) is 9.53 Å². The van der Waals surface area contributed by atoms with Gasteiger partial charge in [-0.3, -0.25) is 4.79 Å². The summed E-state index contributed by atoms with van der Waals surface area (Å²) in [4.78, 5) is 29.6. The highest BCUT2D eigenvalue weighted by Gasteiger charge is 2.29. The molecule has 0 aliphatic carbocycles. The lowest BCUT2D eigenvalue weighted by molar-refractivity contribution is -0.121. The van der Waals surface area contributed by atoms with E-state index in [1.807, 2.05) is 48.5 Å². The second kappa shape index (κ2) is 10.0. The van der Waals surface area contributed by atoms with Gasteiger partial charge in [0, 0.05) is 31.9 Å². The largest absolute Gasteiger partial charge is 0.378 e. The molecular formula is C23H27ClN4O3. The van der Waals surface area contributed by atoms with E-state index in [-0.39, 0.29) is 17.9 Å². The van der Waals surface area contributed by atoms with Crippen molar-refractivity contribution in [3.05, 3.63) is 53.6 Å². The van der Waals surface area contributed by atoms with E-state index in [0.717, 1.165) is 37.3 Å². The molecule has 0 aromatic heterocycles. The Morgan fingerprint density at radius 3 is 2.52 bits per heavy atom. The van der Waals surface area contributed by atoms with Crippen LogP contribution in [0.25, 0.3) is 0 Å². The van der Waals surface area contributed by atoms with Crippen LogP contribution >= 0.6 is 11.6 Å². The monoisotopic (exact) mass is 442 g/mol. The van der Waals surface area contributed by atoms with Crippen molar-refractivity contribution >= 4 is 40.6 Å². The fraction of sp³-hybridized carbons (Fsp3) is 0.391. The molecular weight excluding hydrogens is 416 g/mol. The normalized spacial score (nSPS) is 19.1. The number of nitrogens with zero attached hydrogens (tertiary/aromatic N) is 2. The number of nitrogens with one attached hydrogen (secondary N) is 2. The Hall–Kier alpha value is -2.77. The van der Waals surface area contributed by atoms with Gasteiger partial charge in [0.25, 0.3) is 0 Å². The molecule has 8 heteroatoms. The van der Waals surface area contributed by atoms with Crippen molar-refractivity contribution in [3.63, 3.8) is 0 Å². The number of hydrogen-bond donors (Lipinski definition) is 2. The maximum Gasteiger partial charge on any atom is 0.321 e. The van der Waals surface area contributed by atoms with Gasteiger partial charge in [0.05, 0.1) is 35.5 Å². The Labute approximate surface area is 187 Å². The number of carbonyl (C=O) groups excluding carboxylic acids is 2. The Balaban J connectivity index is 1.42. The number of benzene rings is 2. The minimum atomic E-state index is -0.271. The molecule has 2 fully saturated rings. The van der Waals surface area contributed by atoms with Crippen molar-refractivity contribution in [3.8, 4) is 0 Å². The van der Waals surface area contributed by atoms with Gasteiger partial charge >= 0.3 is 6.03 Å². The van der Waals surface area contributed by atoms with Crippen molar-refractivity contribution in [2.75, 3.05) is 54.9 Å². The molecule has 2 aliphatic rings. The summed E-state index contributed by atoms with van der Waals surface area (Å²) >= 11 is 6.48. The summed E-state index contributed by atoms with van der Waals surface area (Å²) in [6.45, 7) is 3.74. The van der Waals surface area contributed by atoms with Crippen molar-refractivity contribution in [1.82, 2.24) is 4.90 Å². The van der Waals surface area contributed by atoms with E-state index < -0.39 is 0 Å². The van der Waals surface area contributed by atoms with Gasteiger partial charge in [0.15, 0.2) is 0 Å². The number of likely N-dealkylation sites (tertiary alicyclic amines) is 1. The third-order valence-electron chi connectivity index (χ3n) is 5.68. The van der Waals surface area contributed by atoms with Gasteiger partial charge < -0.3 is 25.2 Å². The van der Waals surface area contributed by atoms with Crippen molar-refractivity contribution < 1.29 is 14.3 Å². The average molecular weight is 443 g/mol. The molecule has 0 spiro atoms. The number of piperidine rings is 1. The molecule has 1 atom stereocenters. The second-order valence-electron chi connectivity index (χ2n) is 7.81. The van der Waals surface area contributed by atoms with Gasteiger partial charge in [-0.1, -0.05) is 35.9 Å². The van der Waals surface area contributed by atoms with Crippen LogP contribution in [0.3, 0.4) is 0 Å². The van der Waals surface area contributed by atoms with Crippen LogP contribution < -0.4 is 15.5 Å². The number of para-hydroxylation sites is 2. The van der Waals surface area contributed by atoms with Crippen LogP contribution in [0.15, 0.2) is 48.5 Å². The minimum absolute atomic E-state index is 0.0889. The van der Waals surface area contributed by atoms with E-state index >= 15 is 0 Å². The zero-order valence-corrected chi connectivity index (χ0v) is 18.1. The van der Waals surface area contributed by atoms with Crippen LogP contribution in [-0.4, -0.2) is 56.2 Å². The summed E-state index contributed by atoms with van der Waals surface area (Å²) in [5.74, 6) is -0.360. The fourth-order valence-corrected chi connectivity index (χ4v) is 4.35. The van der Waals surface area contributed by atoms with Gasteiger partial charge in [-0.25, -0.2) is 4.79 Å². The van der Waals surface area contributed by atoms with Crippen LogP contribution in [0.4, 0.5) is 21.9 Å². The highest BCUT2D eigenvalue weighted by Crippen LogP contribution is 2.35. The van der Waals surface area contributed by atoms with Crippen LogP contribution in [0.1, 0.15) is 12.8 Å². The van der Waals surface area contributed by atoms with Crippen molar-refractivity contribution in [1.29, 1.82) is 0 Å². The highest BCUT2D eigenvalue weighted by molar-refractivity contribution is 6.34. The van der Waals surface area contributed by atoms with Gasteiger partial charge in [0.1, 0.15) is 0 Å². The molecule has 2 aromatic rings. The summed E-state index contributed by atoms with van der Waals surface area (Å²) in [5.41, 5.74) is 2.27. The van der Waals surface area contributed by atoms with E-state index in [1.165, 1.54) is 0 Å². The number of rotatable bonds is 4. The summed E-state index contributed by atoms with van der Waals surface area (Å²) in [6.07, 6.45) is 1.53. The van der Waals surface area contributed by atoms with Crippen molar-refractivity contribution in [2.24, 2.45) is 5.92 Å². The molecule has 0 radical (unpaired) electrons. The Kier molecular flexibility index (Phi) is 6.94. The molecule has 0 saturated carbocycles. The van der Waals surface area contributed by atoms with Gasteiger partial charge in [-0.05, 0) is 37.1 Å². The van der Waals surface area contributed by atoms with Gasteiger partial charge in [-0.15, -0.1) is 0 Å². The quantitative estimate of drug-likeness (QED) is 0.748. The zero-order valence-electron chi connectivity index (χ0n) is 17.4. The van der Waals surface area contributed by atoms with Crippen LogP contribution in [0.2, 0.25) is 5.02 Å². The summed E-state index contributed by atoms with van der Waals surface area (Å²) < 4.78 is 5.44. The number of urea groups is 1. The lowest BCUT2D eigenvalue weighted by Crippen LogP contribution is -2.45. The predicted molar refractivity (Wildman–Crippen MR) is 123 cm³/mol. The third kappa shape index (κ3) is 5.29. The first kappa shape index (κ1) is 21.5. The molecule has 2 heterocycles. The van der Waals surface area contributed by atoms with Crippen LogP contribution in [0.5, 0.6) is 0 Å². The minimum Gasteiger partial charge on any atom is -0.378 e. The van der Waals surface area contributed by atoms with E-state index in [1.54, 1.807) is 4.90 Å². The lowest BCUT2D eigenvalue weighted by Gasteiger charge is -2.33. The van der Waals surface area contributed by atoms with E-state index in [4.69, 9.17) is 16.3 Å². The zero-order chi connectivity index (χ0) is 21.6. The van der Waals surface area contributed by atoms with E-state index in [9.17, 15) is 9.59 Å². The second-order valence-corrected chi connectivity index (χ2v) is 8.21. The highest BCUT2D eigenvalue weighted by atomic mass is 35.5. The molecule has 0 unspecified atom stereocenters. The average Bonchev–Trinajstić information content (AvgIpc) is 2.80. The molecule has 164 valence electrons. The standard InChI is InChI=1S/C23H27ClN4O3/c24-19-9-4-10-20(21(19)27-12-14-31-15-13-27)26-22(29)17-6-5-11-28(16-17)23(30)25-18-7-2-1-3-8-18/h1-4,7-10,17H,5-6,11-16H2,(H,25,30)(H,26,29)/t17-/m1/s1. The maximum atomic E-state index is 13.1. The topological polar surface area (TPSA) is 73.9 Å². The number of carbonyl (C=O) groups is 2. The van der Waals surface area contributed by atoms with Gasteiger partial charge in [0.2, 0.25) is 5.91 Å². The number of hydrogen-bond acceptors (Lipinski definition) is 4. The predicted octanol–water partition coefficient (Wildman–Crippen LogP) is 4.06. The molecule has 3 amide bonds. The number of amides is 3. The number of morpholine rings is 1. The number of ether oxygens (including phenoxy) is 1. The third-order valence-corrected chi connectivity index (χ3v) is 5.98. The fourth-order valence-electron chi connectivity index (χ4n) is 4.06. The molecule has 4 rings (SSSR count). The maximum absolute atomic E-state index is 13.1. The smallest absolute Gasteiger partial charge is 0.321 e. The summed E-state index contributed by atoms with van der Waals surface area (Å²) in [7, 11) is 0. The molecule has 31 heavy (non-hydrogen) atoms. The first-order chi connectivity index (χ1) is 15.1. The number of halogens is 1. The Bertz CT molecular complexity index is 918. The summed E-state index contributed by atoms with van der Waals surface area (Å²) in [6, 6.07) is 14.7. The first-order valence-electron chi connectivity index (χ1n) is 10.6. The molecule has 2 N–H and O–H groups in total. The lowest BCUT2D eigenvalue weighted by atomic mass is 9.97. The first-order valence-corrected chi connectivity index (χ1v) is 11.0. The van der Waals surface area contributed by atoms with Gasteiger partial charge in [-0.2, -0.15) is 0 Å². The molecule has 0 bridgehead atoms. The SMILES string of the molecule is O=C(Nc1cccc(Cl)c1N1CCOCC1)[C@@H]1CCCN(C(=O)Nc2ccccc2)C1. The van der Waals surface area contributed by atoms with Crippen molar-refractivity contribution in [2.45, 2.75) is 12.8 Å². The van der Waals surface area contributed by atoms with Crippen LogP contribution in [0, 0.1) is 5.92 Å².